The van der Waals surface area contributed by atoms with E-state index in [2.05, 4.69) is 10.6 Å². The lowest BCUT2D eigenvalue weighted by Gasteiger charge is -2.31. The third-order valence-corrected chi connectivity index (χ3v) is 5.14. The summed E-state index contributed by atoms with van der Waals surface area (Å²) in [4.78, 5) is 50.6. The molecule has 0 fully saturated rings. The fourth-order valence-electron chi connectivity index (χ4n) is 3.56. The number of aliphatic carboxylic acids is 1. The van der Waals surface area contributed by atoms with Gasteiger partial charge in [0.1, 0.15) is 23.2 Å². The maximum absolute atomic E-state index is 13.4. The first-order valence-corrected chi connectivity index (χ1v) is 12.6. The lowest BCUT2D eigenvalue weighted by molar-refractivity contribution is -0.153. The van der Waals surface area contributed by atoms with Gasteiger partial charge in [0.15, 0.2) is 0 Å². The van der Waals surface area contributed by atoms with E-state index in [-0.39, 0.29) is 17.1 Å². The number of Topliss-reactive ketones (excluding diaryl/α,β-unsaturated/α-hetero) is 1. The van der Waals surface area contributed by atoms with Crippen molar-refractivity contribution in [2.24, 2.45) is 0 Å². The molecule has 4 N–H and O–H groups in total. The van der Waals surface area contributed by atoms with Gasteiger partial charge in [-0.25, -0.2) is 9.59 Å². The van der Waals surface area contributed by atoms with Crippen LogP contribution in [0.3, 0.4) is 0 Å². The Morgan fingerprint density at radius 3 is 1.90 bits per heavy atom. The van der Waals surface area contributed by atoms with Crippen LogP contribution in [0.5, 0.6) is 5.75 Å². The number of carboxylic acids is 1. The molecule has 2 aromatic rings. The molecule has 0 heterocycles. The molecule has 0 saturated carbocycles. The van der Waals surface area contributed by atoms with E-state index >= 15 is 0 Å². The maximum Gasteiger partial charge on any atom is 0.413 e. The highest BCUT2D eigenvalue weighted by Crippen LogP contribution is 2.18. The van der Waals surface area contributed by atoms with Gasteiger partial charge in [0.05, 0.1) is 11.7 Å². The number of carboxylic acid groups (broad SMARTS) is 1. The topological polar surface area (TPSA) is 164 Å². The van der Waals surface area contributed by atoms with E-state index < -0.39 is 53.2 Å². The molecule has 0 aliphatic heterocycles. The zero-order valence-corrected chi connectivity index (χ0v) is 23.7. The molecule has 0 aromatic heterocycles. The van der Waals surface area contributed by atoms with Crippen LogP contribution in [0.4, 0.5) is 4.79 Å². The number of para-hydroxylation sites is 1. The van der Waals surface area contributed by atoms with E-state index in [4.69, 9.17) is 19.6 Å². The molecule has 40 heavy (non-hydrogen) atoms. The third kappa shape index (κ3) is 10.1. The van der Waals surface area contributed by atoms with Gasteiger partial charge in [0.2, 0.25) is 5.78 Å². The standard InChI is InChI=1S/C29H37N3O8/c1-17(39-28(2,3)4)21(22(33)23(26(35)36)38-20-11-9-8-10-12-20)31-25(34)19-15-13-18(14-16-19)24(30)32-27(37)40-29(5,6)7/h8-17,21,23H,1-7H3,(H,31,34)(H,35,36)(H2,30,32,37). The molecule has 216 valence electrons. The molecule has 0 aliphatic carbocycles. The second kappa shape index (κ2) is 13.2. The molecule has 3 unspecified atom stereocenters. The predicted octanol–water partition coefficient (Wildman–Crippen LogP) is 3.94. The SMILES string of the molecule is CC(OC(C)(C)C)C(NC(=O)c1ccc(C(=N)NC(=O)OC(C)(C)C)cc1)C(=O)C(Oc1ccccc1)C(=O)O. The van der Waals surface area contributed by atoms with Gasteiger partial charge >= 0.3 is 12.1 Å². The van der Waals surface area contributed by atoms with Crippen molar-refractivity contribution in [3.63, 3.8) is 0 Å². The Balaban J connectivity index is 2.24. The zero-order chi connectivity index (χ0) is 30.3. The normalized spacial score (nSPS) is 13.8. The lowest BCUT2D eigenvalue weighted by Crippen LogP contribution is -2.56. The molecular formula is C29H37N3O8. The van der Waals surface area contributed by atoms with Gasteiger partial charge in [-0.05, 0) is 72.7 Å². The van der Waals surface area contributed by atoms with Crippen molar-refractivity contribution in [1.82, 2.24) is 10.6 Å². The molecule has 0 bridgehead atoms. The minimum atomic E-state index is -1.90. The zero-order valence-electron chi connectivity index (χ0n) is 23.7. The molecular weight excluding hydrogens is 518 g/mol. The average molecular weight is 556 g/mol. The summed E-state index contributed by atoms with van der Waals surface area (Å²) in [7, 11) is 0. The van der Waals surface area contributed by atoms with Gasteiger partial charge in [-0.2, -0.15) is 0 Å². The van der Waals surface area contributed by atoms with Crippen molar-refractivity contribution >= 4 is 29.6 Å². The summed E-state index contributed by atoms with van der Waals surface area (Å²) >= 11 is 0. The van der Waals surface area contributed by atoms with Crippen LogP contribution in [-0.2, 0) is 19.1 Å². The Kier molecular flexibility index (Phi) is 10.6. The summed E-state index contributed by atoms with van der Waals surface area (Å²) in [5.74, 6) is -3.15. The minimum absolute atomic E-state index is 0.130. The highest BCUT2D eigenvalue weighted by atomic mass is 16.6. The summed E-state index contributed by atoms with van der Waals surface area (Å²) in [6, 6.07) is 12.3. The predicted molar refractivity (Wildman–Crippen MR) is 148 cm³/mol. The maximum atomic E-state index is 13.4. The number of amidine groups is 1. The lowest BCUT2D eigenvalue weighted by atomic mass is 10.0. The van der Waals surface area contributed by atoms with Crippen molar-refractivity contribution in [3.05, 3.63) is 65.7 Å². The van der Waals surface area contributed by atoms with Gasteiger partial charge in [-0.3, -0.25) is 20.3 Å². The Hall–Kier alpha value is -4.25. The van der Waals surface area contributed by atoms with Crippen LogP contribution in [0.25, 0.3) is 0 Å². The van der Waals surface area contributed by atoms with Crippen molar-refractivity contribution in [2.45, 2.75) is 77.9 Å². The quantitative estimate of drug-likeness (QED) is 0.194. The fraction of sp³-hybridized carbons (Fsp3) is 0.414. The van der Waals surface area contributed by atoms with Crippen LogP contribution in [0.1, 0.15) is 64.4 Å². The Morgan fingerprint density at radius 2 is 1.40 bits per heavy atom. The van der Waals surface area contributed by atoms with Gasteiger partial charge in [-0.1, -0.05) is 30.3 Å². The van der Waals surface area contributed by atoms with Crippen LogP contribution in [0.2, 0.25) is 0 Å². The number of alkyl carbamates (subject to hydrolysis) is 1. The van der Waals surface area contributed by atoms with E-state index in [0.717, 1.165) is 0 Å². The first-order chi connectivity index (χ1) is 18.5. The number of rotatable bonds is 10. The molecule has 11 nitrogen and oxygen atoms in total. The highest BCUT2D eigenvalue weighted by molar-refractivity contribution is 6.08. The molecule has 0 spiro atoms. The molecule has 2 rings (SSSR count). The summed E-state index contributed by atoms with van der Waals surface area (Å²) in [6.07, 6.45) is -3.61. The van der Waals surface area contributed by atoms with E-state index in [1.54, 1.807) is 66.7 Å². The number of benzene rings is 2. The molecule has 2 aromatic carbocycles. The number of hydrogen-bond donors (Lipinski definition) is 4. The van der Waals surface area contributed by atoms with Crippen molar-refractivity contribution in [2.75, 3.05) is 0 Å². The van der Waals surface area contributed by atoms with E-state index in [1.807, 2.05) is 0 Å². The first kappa shape index (κ1) is 32.0. The molecule has 0 radical (unpaired) electrons. The van der Waals surface area contributed by atoms with E-state index in [1.165, 1.54) is 36.4 Å². The fourth-order valence-corrected chi connectivity index (χ4v) is 3.56. The van der Waals surface area contributed by atoms with Crippen LogP contribution < -0.4 is 15.4 Å². The molecule has 0 aliphatic rings. The molecule has 3 atom stereocenters. The third-order valence-electron chi connectivity index (χ3n) is 5.14. The second-order valence-electron chi connectivity index (χ2n) is 11.0. The monoisotopic (exact) mass is 555 g/mol. The number of carbonyl (C=O) groups excluding carboxylic acids is 3. The van der Waals surface area contributed by atoms with Crippen LogP contribution in [0, 0.1) is 5.41 Å². The summed E-state index contributed by atoms with van der Waals surface area (Å²) in [5.41, 5.74) is -1.00. The van der Waals surface area contributed by atoms with Crippen LogP contribution in [0.15, 0.2) is 54.6 Å². The molecule has 11 heteroatoms. The second-order valence-corrected chi connectivity index (χ2v) is 11.0. The number of hydrogen-bond acceptors (Lipinski definition) is 8. The number of nitrogens with one attached hydrogen (secondary N) is 3. The minimum Gasteiger partial charge on any atom is -0.478 e. The Bertz CT molecular complexity index is 1210. The Morgan fingerprint density at radius 1 is 0.850 bits per heavy atom. The highest BCUT2D eigenvalue weighted by Gasteiger charge is 2.39. The van der Waals surface area contributed by atoms with E-state index in [0.29, 0.717) is 5.56 Å². The number of carbonyl (C=O) groups is 4. The smallest absolute Gasteiger partial charge is 0.413 e. The van der Waals surface area contributed by atoms with Gasteiger partial charge in [0, 0.05) is 11.1 Å². The first-order valence-electron chi connectivity index (χ1n) is 12.6. The van der Waals surface area contributed by atoms with Crippen molar-refractivity contribution in [1.29, 1.82) is 5.41 Å². The van der Waals surface area contributed by atoms with Crippen molar-refractivity contribution in [3.8, 4) is 5.75 Å². The summed E-state index contributed by atoms with van der Waals surface area (Å²) in [6.45, 7) is 11.9. The summed E-state index contributed by atoms with van der Waals surface area (Å²) < 4.78 is 16.5. The van der Waals surface area contributed by atoms with Gasteiger partial charge in [-0.15, -0.1) is 0 Å². The van der Waals surface area contributed by atoms with Crippen molar-refractivity contribution < 1.29 is 38.5 Å². The van der Waals surface area contributed by atoms with Crippen LogP contribution >= 0.6 is 0 Å². The number of ether oxygens (including phenoxy) is 3. The van der Waals surface area contributed by atoms with E-state index in [9.17, 15) is 24.3 Å². The van der Waals surface area contributed by atoms with Gasteiger partial charge in [0.25, 0.3) is 12.0 Å². The number of ketones is 1. The molecule has 0 saturated heterocycles. The Labute approximate surface area is 233 Å². The number of amides is 2. The largest absolute Gasteiger partial charge is 0.478 e. The van der Waals surface area contributed by atoms with Crippen LogP contribution in [-0.4, -0.2) is 64.1 Å². The van der Waals surface area contributed by atoms with Gasteiger partial charge < -0.3 is 24.6 Å². The average Bonchev–Trinajstić information content (AvgIpc) is 2.83. The molecule has 2 amide bonds. The summed E-state index contributed by atoms with van der Waals surface area (Å²) in [5, 5.41) is 22.8.